The third-order valence-electron chi connectivity index (χ3n) is 9.44. The minimum Gasteiger partial charge on any atom is -0.348 e. The summed E-state index contributed by atoms with van der Waals surface area (Å²) in [5.74, 6) is 0.834. The molecule has 3 aliphatic rings. The number of piperidine rings is 1. The standard InChI is InChI=1S/C37H42ClN3O2/c38-32-18-14-27(15-19-32)22-33(40-37(43)35-23-29-7-1-2-8-30(29)24-39-35)21-26-12-16-28(17-13-26)34-10-4-3-9-31(34)25-41-20-6-5-11-36(41)42/h1-4,7-10,14-15,18-19,21,28,33,35,39H,5-6,11-13,16-17,20,22-25H2,(H,40,43)/t28?,33-,35-/m1/s1. The minimum atomic E-state index is -0.236. The zero-order valence-corrected chi connectivity index (χ0v) is 25.6. The monoisotopic (exact) mass is 595 g/mol. The summed E-state index contributed by atoms with van der Waals surface area (Å²) in [4.78, 5) is 28.0. The second-order valence-corrected chi connectivity index (χ2v) is 12.9. The molecule has 2 fully saturated rings. The fourth-order valence-corrected chi connectivity index (χ4v) is 7.14. The molecule has 0 spiro atoms. The summed E-state index contributed by atoms with van der Waals surface area (Å²) in [6.45, 7) is 2.31. The Morgan fingerprint density at radius 1 is 0.953 bits per heavy atom. The fraction of sp³-hybridized carbons (Fsp3) is 0.405. The number of nitrogens with one attached hydrogen (secondary N) is 2. The first kappa shape index (κ1) is 29.7. The lowest BCUT2D eigenvalue weighted by molar-refractivity contribution is -0.133. The zero-order chi connectivity index (χ0) is 29.6. The van der Waals surface area contributed by atoms with Crippen molar-refractivity contribution in [2.24, 2.45) is 0 Å². The van der Waals surface area contributed by atoms with Gasteiger partial charge < -0.3 is 15.5 Å². The van der Waals surface area contributed by atoms with E-state index in [0.717, 1.165) is 68.6 Å². The molecule has 1 saturated heterocycles. The number of amides is 2. The quantitative estimate of drug-likeness (QED) is 0.279. The molecule has 43 heavy (non-hydrogen) atoms. The highest BCUT2D eigenvalue weighted by atomic mass is 35.5. The Morgan fingerprint density at radius 2 is 1.70 bits per heavy atom. The van der Waals surface area contributed by atoms with Crippen LogP contribution in [0, 0.1) is 0 Å². The van der Waals surface area contributed by atoms with Gasteiger partial charge in [0, 0.05) is 31.1 Å². The number of allylic oxidation sites excluding steroid dienone is 1. The van der Waals surface area contributed by atoms with Gasteiger partial charge in [0.05, 0.1) is 12.1 Å². The number of hydrogen-bond acceptors (Lipinski definition) is 3. The van der Waals surface area contributed by atoms with Crippen LogP contribution >= 0.6 is 11.6 Å². The van der Waals surface area contributed by atoms with Gasteiger partial charge in [-0.25, -0.2) is 0 Å². The third-order valence-corrected chi connectivity index (χ3v) is 9.69. The molecule has 1 aliphatic carbocycles. The van der Waals surface area contributed by atoms with Crippen molar-refractivity contribution in [2.45, 2.75) is 88.9 Å². The SMILES string of the molecule is O=C(N[C@H](C=C1CCC(c2ccccc2CN2CCCCC2=O)CC1)Cc1ccc(Cl)cc1)[C@H]1Cc2ccccc2CN1. The van der Waals surface area contributed by atoms with E-state index >= 15 is 0 Å². The van der Waals surface area contributed by atoms with Crippen molar-refractivity contribution in [3.05, 3.63) is 117 Å². The first-order valence-electron chi connectivity index (χ1n) is 15.9. The molecule has 3 aromatic rings. The van der Waals surface area contributed by atoms with E-state index in [9.17, 15) is 9.59 Å². The van der Waals surface area contributed by atoms with Crippen molar-refractivity contribution in [1.82, 2.24) is 15.5 Å². The highest BCUT2D eigenvalue weighted by molar-refractivity contribution is 6.30. The minimum absolute atomic E-state index is 0.0557. The smallest absolute Gasteiger partial charge is 0.237 e. The third kappa shape index (κ3) is 7.57. The van der Waals surface area contributed by atoms with Crippen molar-refractivity contribution >= 4 is 23.4 Å². The van der Waals surface area contributed by atoms with E-state index in [2.05, 4.69) is 77.4 Å². The Bertz CT molecular complexity index is 1460. The van der Waals surface area contributed by atoms with Crippen molar-refractivity contribution in [3.8, 4) is 0 Å². The largest absolute Gasteiger partial charge is 0.348 e. The summed E-state index contributed by atoms with van der Waals surface area (Å²) in [6, 6.07) is 24.7. The molecule has 2 aliphatic heterocycles. The first-order chi connectivity index (χ1) is 21.0. The van der Waals surface area contributed by atoms with Crippen LogP contribution in [0.3, 0.4) is 0 Å². The van der Waals surface area contributed by atoms with Gasteiger partial charge in [0.1, 0.15) is 0 Å². The summed E-state index contributed by atoms with van der Waals surface area (Å²) in [5.41, 5.74) is 7.79. The number of fused-ring (bicyclic) bond motifs is 1. The van der Waals surface area contributed by atoms with E-state index in [4.69, 9.17) is 11.6 Å². The van der Waals surface area contributed by atoms with Gasteiger partial charge >= 0.3 is 0 Å². The first-order valence-corrected chi connectivity index (χ1v) is 16.3. The molecule has 6 rings (SSSR count). The van der Waals surface area contributed by atoms with Crippen LogP contribution < -0.4 is 10.6 Å². The number of benzene rings is 3. The normalized spacial score (nSPS) is 21.2. The maximum absolute atomic E-state index is 13.5. The summed E-state index contributed by atoms with van der Waals surface area (Å²) in [7, 11) is 0. The van der Waals surface area contributed by atoms with Crippen molar-refractivity contribution < 1.29 is 9.59 Å². The van der Waals surface area contributed by atoms with Crippen LogP contribution in [0.1, 0.15) is 78.7 Å². The molecule has 1 saturated carbocycles. The second kappa shape index (κ2) is 13.9. The van der Waals surface area contributed by atoms with Crippen LogP contribution in [0.15, 0.2) is 84.4 Å². The zero-order valence-electron chi connectivity index (χ0n) is 24.9. The Kier molecular flexibility index (Phi) is 9.60. The second-order valence-electron chi connectivity index (χ2n) is 12.4. The van der Waals surface area contributed by atoms with Crippen LogP contribution in [0.5, 0.6) is 0 Å². The maximum Gasteiger partial charge on any atom is 0.237 e. The molecule has 6 heteroatoms. The molecule has 5 nitrogen and oxygen atoms in total. The average molecular weight is 596 g/mol. The van der Waals surface area contributed by atoms with Crippen LogP contribution in [-0.4, -0.2) is 35.3 Å². The maximum atomic E-state index is 13.5. The Labute approximate surface area is 260 Å². The number of nitrogens with zero attached hydrogens (tertiary/aromatic N) is 1. The highest BCUT2D eigenvalue weighted by Gasteiger charge is 2.27. The number of halogens is 1. The van der Waals surface area contributed by atoms with Crippen LogP contribution in [-0.2, 0) is 35.5 Å². The van der Waals surface area contributed by atoms with Gasteiger partial charge in [0.25, 0.3) is 0 Å². The van der Waals surface area contributed by atoms with Gasteiger partial charge in [-0.3, -0.25) is 9.59 Å². The Hall–Kier alpha value is -3.41. The lowest BCUT2D eigenvalue weighted by Crippen LogP contribution is -2.50. The number of likely N-dealkylation sites (tertiary alicyclic amines) is 1. The van der Waals surface area contributed by atoms with E-state index in [1.54, 1.807) is 0 Å². The topological polar surface area (TPSA) is 61.4 Å². The highest BCUT2D eigenvalue weighted by Crippen LogP contribution is 2.37. The lowest BCUT2D eigenvalue weighted by atomic mass is 9.79. The molecule has 2 heterocycles. The Balaban J connectivity index is 1.13. The van der Waals surface area contributed by atoms with Gasteiger partial charge in [0.2, 0.25) is 11.8 Å². The number of carbonyl (C=O) groups excluding carboxylic acids is 2. The van der Waals surface area contributed by atoms with Gasteiger partial charge in [0.15, 0.2) is 0 Å². The summed E-state index contributed by atoms with van der Waals surface area (Å²) < 4.78 is 0. The fourth-order valence-electron chi connectivity index (χ4n) is 7.01. The van der Waals surface area contributed by atoms with E-state index in [-0.39, 0.29) is 23.9 Å². The molecule has 224 valence electrons. The van der Waals surface area contributed by atoms with E-state index < -0.39 is 0 Å². The van der Waals surface area contributed by atoms with Crippen LogP contribution in [0.4, 0.5) is 0 Å². The molecular weight excluding hydrogens is 554 g/mol. The summed E-state index contributed by atoms with van der Waals surface area (Å²) in [6.07, 6.45) is 10.7. The Morgan fingerprint density at radius 3 is 2.49 bits per heavy atom. The molecule has 2 amide bonds. The molecule has 0 bridgehead atoms. The molecule has 0 aromatic heterocycles. The van der Waals surface area contributed by atoms with Crippen molar-refractivity contribution in [3.63, 3.8) is 0 Å². The van der Waals surface area contributed by atoms with Crippen molar-refractivity contribution in [2.75, 3.05) is 6.54 Å². The van der Waals surface area contributed by atoms with Gasteiger partial charge in [-0.05, 0) is 97.2 Å². The summed E-state index contributed by atoms with van der Waals surface area (Å²) in [5, 5.41) is 7.54. The number of hydrogen-bond donors (Lipinski definition) is 2. The molecule has 2 N–H and O–H groups in total. The predicted molar refractivity (Wildman–Crippen MR) is 173 cm³/mol. The van der Waals surface area contributed by atoms with Crippen LogP contribution in [0.25, 0.3) is 0 Å². The molecule has 2 atom stereocenters. The van der Waals surface area contributed by atoms with E-state index in [1.807, 2.05) is 17.0 Å². The average Bonchev–Trinajstić information content (AvgIpc) is 3.03. The van der Waals surface area contributed by atoms with Gasteiger partial charge in [-0.1, -0.05) is 83.9 Å². The molecular formula is C37H42ClN3O2. The number of rotatable bonds is 8. The van der Waals surface area contributed by atoms with Crippen molar-refractivity contribution in [1.29, 1.82) is 0 Å². The number of carbonyl (C=O) groups is 2. The van der Waals surface area contributed by atoms with E-state index in [1.165, 1.54) is 27.8 Å². The van der Waals surface area contributed by atoms with Gasteiger partial charge in [-0.15, -0.1) is 0 Å². The lowest BCUT2D eigenvalue weighted by Gasteiger charge is -2.31. The molecule has 0 unspecified atom stereocenters. The molecule has 0 radical (unpaired) electrons. The molecule has 3 aromatic carbocycles. The predicted octanol–water partition coefficient (Wildman–Crippen LogP) is 6.88. The summed E-state index contributed by atoms with van der Waals surface area (Å²) >= 11 is 6.16. The van der Waals surface area contributed by atoms with E-state index in [0.29, 0.717) is 25.3 Å². The van der Waals surface area contributed by atoms with Gasteiger partial charge in [-0.2, -0.15) is 0 Å². The van der Waals surface area contributed by atoms with Crippen LogP contribution in [0.2, 0.25) is 5.02 Å².